The molecule has 22 heavy (non-hydrogen) atoms. The van der Waals surface area contributed by atoms with Crippen molar-refractivity contribution >= 4 is 23.2 Å². The number of anilines is 1. The minimum absolute atomic E-state index is 0.0121. The number of amides is 1. The number of benzene rings is 2. The summed E-state index contributed by atoms with van der Waals surface area (Å²) in [6, 6.07) is 13.7. The molecule has 1 heterocycles. The van der Waals surface area contributed by atoms with E-state index < -0.39 is 0 Å². The maximum Gasteiger partial charge on any atom is 0.265 e. The highest BCUT2D eigenvalue weighted by Gasteiger charge is 2.30. The van der Waals surface area contributed by atoms with Crippen LogP contribution in [0.25, 0.3) is 0 Å². The molecule has 2 aromatic rings. The SMILES string of the molecule is Cc1ccc(Cl)c(OCC(=O)N2c3ccccc3CC2C)c1. The Labute approximate surface area is 135 Å². The molecule has 3 nitrogen and oxygen atoms in total. The lowest BCUT2D eigenvalue weighted by molar-refractivity contribution is -0.120. The van der Waals surface area contributed by atoms with Gasteiger partial charge in [0.25, 0.3) is 5.91 Å². The Morgan fingerprint density at radius 1 is 1.32 bits per heavy atom. The molecule has 0 spiro atoms. The van der Waals surface area contributed by atoms with Gasteiger partial charge < -0.3 is 9.64 Å². The van der Waals surface area contributed by atoms with Gasteiger partial charge in [-0.3, -0.25) is 4.79 Å². The normalized spacial score (nSPS) is 16.5. The smallest absolute Gasteiger partial charge is 0.265 e. The van der Waals surface area contributed by atoms with Crippen LogP contribution < -0.4 is 9.64 Å². The molecule has 0 saturated carbocycles. The van der Waals surface area contributed by atoms with Gasteiger partial charge in [0, 0.05) is 11.7 Å². The van der Waals surface area contributed by atoms with Crippen molar-refractivity contribution in [3.05, 3.63) is 58.6 Å². The van der Waals surface area contributed by atoms with Crippen molar-refractivity contribution in [2.24, 2.45) is 0 Å². The van der Waals surface area contributed by atoms with Gasteiger partial charge in [0.05, 0.1) is 5.02 Å². The molecular formula is C18H18ClNO2. The first-order chi connectivity index (χ1) is 10.6. The molecule has 0 aromatic heterocycles. The largest absolute Gasteiger partial charge is 0.482 e. The molecule has 4 heteroatoms. The first-order valence-electron chi connectivity index (χ1n) is 7.35. The third kappa shape index (κ3) is 2.81. The first-order valence-corrected chi connectivity index (χ1v) is 7.73. The minimum atomic E-state index is -0.0463. The number of carbonyl (C=O) groups excluding carboxylic acids is 1. The van der Waals surface area contributed by atoms with Gasteiger partial charge in [-0.15, -0.1) is 0 Å². The minimum Gasteiger partial charge on any atom is -0.482 e. The van der Waals surface area contributed by atoms with Crippen LogP contribution in [0.15, 0.2) is 42.5 Å². The van der Waals surface area contributed by atoms with Crippen LogP contribution in [0.4, 0.5) is 5.69 Å². The molecule has 0 N–H and O–H groups in total. The van der Waals surface area contributed by atoms with Gasteiger partial charge in [0.15, 0.2) is 6.61 Å². The Bertz CT molecular complexity index is 714. The monoisotopic (exact) mass is 315 g/mol. The molecule has 1 aliphatic rings. The zero-order valence-electron chi connectivity index (χ0n) is 12.7. The molecule has 0 fully saturated rings. The first kappa shape index (κ1) is 14.9. The van der Waals surface area contributed by atoms with Crippen molar-refractivity contribution in [3.8, 4) is 5.75 Å². The molecule has 1 unspecified atom stereocenters. The fourth-order valence-electron chi connectivity index (χ4n) is 2.88. The Kier molecular flexibility index (Phi) is 4.08. The molecule has 2 aromatic carbocycles. The van der Waals surface area contributed by atoms with E-state index in [1.165, 1.54) is 5.56 Å². The summed E-state index contributed by atoms with van der Waals surface area (Å²) in [4.78, 5) is 14.4. The number of aryl methyl sites for hydroxylation is 1. The fourth-order valence-corrected chi connectivity index (χ4v) is 3.05. The molecule has 0 bridgehead atoms. The number of carbonyl (C=O) groups is 1. The van der Waals surface area contributed by atoms with Gasteiger partial charge in [-0.2, -0.15) is 0 Å². The molecule has 0 aliphatic carbocycles. The summed E-state index contributed by atoms with van der Waals surface area (Å²) in [7, 11) is 0. The Hall–Kier alpha value is -2.00. The number of ether oxygens (including phenoxy) is 1. The number of hydrogen-bond donors (Lipinski definition) is 0. The van der Waals surface area contributed by atoms with Crippen LogP contribution in [0.5, 0.6) is 5.75 Å². The topological polar surface area (TPSA) is 29.5 Å². The van der Waals surface area contributed by atoms with E-state index in [1.807, 2.05) is 42.2 Å². The molecule has 3 rings (SSSR count). The maximum absolute atomic E-state index is 12.5. The van der Waals surface area contributed by atoms with Crippen LogP contribution in [0.1, 0.15) is 18.1 Å². The molecule has 0 saturated heterocycles. The molecule has 0 radical (unpaired) electrons. The summed E-state index contributed by atoms with van der Waals surface area (Å²) in [6.07, 6.45) is 0.882. The summed E-state index contributed by atoms with van der Waals surface area (Å²) in [5.41, 5.74) is 3.24. The Morgan fingerprint density at radius 2 is 2.09 bits per heavy atom. The molecule has 1 amide bonds. The lowest BCUT2D eigenvalue weighted by atomic mass is 10.1. The van der Waals surface area contributed by atoms with Crippen LogP contribution in [0.2, 0.25) is 5.02 Å². The average molecular weight is 316 g/mol. The second-order valence-electron chi connectivity index (χ2n) is 5.67. The highest BCUT2D eigenvalue weighted by molar-refractivity contribution is 6.32. The second kappa shape index (κ2) is 6.01. The van der Waals surface area contributed by atoms with Crippen molar-refractivity contribution in [3.63, 3.8) is 0 Å². The van der Waals surface area contributed by atoms with Crippen LogP contribution >= 0.6 is 11.6 Å². The van der Waals surface area contributed by atoms with Crippen molar-refractivity contribution < 1.29 is 9.53 Å². The van der Waals surface area contributed by atoms with Crippen LogP contribution in [0.3, 0.4) is 0 Å². The number of halogens is 1. The van der Waals surface area contributed by atoms with E-state index in [2.05, 4.69) is 13.0 Å². The molecule has 114 valence electrons. The zero-order valence-corrected chi connectivity index (χ0v) is 13.4. The maximum atomic E-state index is 12.5. The Morgan fingerprint density at radius 3 is 2.91 bits per heavy atom. The molecular weight excluding hydrogens is 298 g/mol. The summed E-state index contributed by atoms with van der Waals surface area (Å²) < 4.78 is 5.63. The Balaban J connectivity index is 1.74. The van der Waals surface area contributed by atoms with Gasteiger partial charge in [-0.05, 0) is 49.6 Å². The number of rotatable bonds is 3. The van der Waals surface area contributed by atoms with Crippen LogP contribution in [0, 0.1) is 6.92 Å². The van der Waals surface area contributed by atoms with Gasteiger partial charge in [-0.25, -0.2) is 0 Å². The number of para-hydroxylation sites is 1. The van der Waals surface area contributed by atoms with E-state index in [0.29, 0.717) is 10.8 Å². The van der Waals surface area contributed by atoms with Crippen LogP contribution in [-0.2, 0) is 11.2 Å². The predicted octanol–water partition coefficient (Wildman–Crippen LogP) is 4.01. The van der Waals surface area contributed by atoms with Crippen molar-refractivity contribution in [1.82, 2.24) is 0 Å². The van der Waals surface area contributed by atoms with Crippen molar-refractivity contribution in [2.75, 3.05) is 11.5 Å². The molecule has 1 atom stereocenters. The quantitative estimate of drug-likeness (QED) is 0.856. The third-order valence-corrected chi connectivity index (χ3v) is 4.23. The highest BCUT2D eigenvalue weighted by atomic mass is 35.5. The van der Waals surface area contributed by atoms with E-state index in [-0.39, 0.29) is 18.6 Å². The summed E-state index contributed by atoms with van der Waals surface area (Å²) in [5.74, 6) is 0.505. The van der Waals surface area contributed by atoms with Crippen LogP contribution in [-0.4, -0.2) is 18.6 Å². The van der Waals surface area contributed by atoms with Gasteiger partial charge in [0.1, 0.15) is 5.75 Å². The third-order valence-electron chi connectivity index (χ3n) is 3.91. The van der Waals surface area contributed by atoms with Gasteiger partial charge >= 0.3 is 0 Å². The fraction of sp³-hybridized carbons (Fsp3) is 0.278. The average Bonchev–Trinajstić information content (AvgIpc) is 2.83. The predicted molar refractivity (Wildman–Crippen MR) is 88.8 cm³/mol. The second-order valence-corrected chi connectivity index (χ2v) is 6.08. The van der Waals surface area contributed by atoms with E-state index in [9.17, 15) is 4.79 Å². The summed E-state index contributed by atoms with van der Waals surface area (Å²) in [5, 5.41) is 0.522. The summed E-state index contributed by atoms with van der Waals surface area (Å²) >= 11 is 6.10. The number of hydrogen-bond acceptors (Lipinski definition) is 2. The highest BCUT2D eigenvalue weighted by Crippen LogP contribution is 2.32. The lowest BCUT2D eigenvalue weighted by Crippen LogP contribution is -2.39. The van der Waals surface area contributed by atoms with Crippen molar-refractivity contribution in [2.45, 2.75) is 26.3 Å². The number of nitrogens with zero attached hydrogens (tertiary/aromatic N) is 1. The van der Waals surface area contributed by atoms with E-state index >= 15 is 0 Å². The number of fused-ring (bicyclic) bond motifs is 1. The standard InChI is InChI=1S/C18H18ClNO2/c1-12-7-8-15(19)17(9-12)22-11-18(21)20-13(2)10-14-5-3-4-6-16(14)20/h3-9,13H,10-11H2,1-2H3. The summed E-state index contributed by atoms with van der Waals surface area (Å²) in [6.45, 7) is 4.00. The van der Waals surface area contributed by atoms with Gasteiger partial charge in [-0.1, -0.05) is 35.9 Å². The molecule has 1 aliphatic heterocycles. The van der Waals surface area contributed by atoms with Gasteiger partial charge in [0.2, 0.25) is 0 Å². The van der Waals surface area contributed by atoms with E-state index in [0.717, 1.165) is 17.7 Å². The van der Waals surface area contributed by atoms with E-state index in [4.69, 9.17) is 16.3 Å². The van der Waals surface area contributed by atoms with E-state index in [1.54, 1.807) is 6.07 Å². The lowest BCUT2D eigenvalue weighted by Gasteiger charge is -2.23. The van der Waals surface area contributed by atoms with Crippen molar-refractivity contribution in [1.29, 1.82) is 0 Å². The zero-order chi connectivity index (χ0) is 15.7.